The quantitative estimate of drug-likeness (QED) is 0.641. The zero-order chi connectivity index (χ0) is 22.1. The molecule has 0 aromatic heterocycles. The maximum atomic E-state index is 12.4. The molecule has 30 heavy (non-hydrogen) atoms. The Kier molecular flexibility index (Phi) is 8.54. The Labute approximate surface area is 181 Å². The lowest BCUT2D eigenvalue weighted by atomic mass is 10.1. The number of para-hydroxylation sites is 1. The van der Waals surface area contributed by atoms with Crippen LogP contribution < -0.4 is 15.5 Å². The van der Waals surface area contributed by atoms with Gasteiger partial charge in [-0.3, -0.25) is 0 Å². The van der Waals surface area contributed by atoms with E-state index in [1.54, 1.807) is 0 Å². The minimum atomic E-state index is -0.541. The molecular weight excluding hydrogens is 376 g/mol. The van der Waals surface area contributed by atoms with Crippen LogP contribution in [-0.4, -0.2) is 57.4 Å². The fraction of sp³-hybridized carbons (Fsp3) is 0.458. The van der Waals surface area contributed by atoms with E-state index in [0.717, 1.165) is 30.0 Å². The fourth-order valence-corrected chi connectivity index (χ4v) is 2.92. The molecular formula is C24H36N4O2. The van der Waals surface area contributed by atoms with E-state index in [-0.39, 0.29) is 6.04 Å². The van der Waals surface area contributed by atoms with Crippen LogP contribution in [0, 0.1) is 0 Å². The van der Waals surface area contributed by atoms with Crippen molar-refractivity contribution < 1.29 is 9.53 Å². The van der Waals surface area contributed by atoms with Crippen molar-refractivity contribution in [3.05, 3.63) is 60.2 Å². The van der Waals surface area contributed by atoms with Crippen LogP contribution in [0.3, 0.4) is 0 Å². The molecule has 6 heteroatoms. The summed E-state index contributed by atoms with van der Waals surface area (Å²) in [6.45, 7) is 8.08. The lowest BCUT2D eigenvalue weighted by Gasteiger charge is -2.25. The number of nitrogens with one attached hydrogen (secondary N) is 2. The number of likely N-dealkylation sites (N-methyl/N-ethyl adjacent to an activating group) is 2. The van der Waals surface area contributed by atoms with Crippen LogP contribution >= 0.6 is 0 Å². The first-order chi connectivity index (χ1) is 14.1. The van der Waals surface area contributed by atoms with Gasteiger partial charge in [0.15, 0.2) is 0 Å². The fourth-order valence-electron chi connectivity index (χ4n) is 2.92. The highest BCUT2D eigenvalue weighted by atomic mass is 16.6. The molecule has 0 saturated carbocycles. The standard InChI is InChI=1S/C24H36N4O2/c1-24(2,3)30-23(29)26-22(18-25-20-10-8-7-9-11-20)19-12-14-21(15-13-19)28(6)17-16-27(4)5/h7-15,22,25H,16-18H2,1-6H3,(H,26,29). The number of carbonyl (C=O) groups excluding carboxylic acids is 1. The monoisotopic (exact) mass is 412 g/mol. The van der Waals surface area contributed by atoms with E-state index >= 15 is 0 Å². The van der Waals surface area contributed by atoms with Gasteiger partial charge in [-0.05, 0) is 64.7 Å². The van der Waals surface area contributed by atoms with Crippen LogP contribution in [0.4, 0.5) is 16.2 Å². The highest BCUT2D eigenvalue weighted by Crippen LogP contribution is 2.20. The van der Waals surface area contributed by atoms with Crippen molar-refractivity contribution in [3.8, 4) is 0 Å². The van der Waals surface area contributed by atoms with Crippen LogP contribution in [0.15, 0.2) is 54.6 Å². The second-order valence-electron chi connectivity index (χ2n) is 8.76. The molecule has 0 aliphatic heterocycles. The molecule has 0 saturated heterocycles. The van der Waals surface area contributed by atoms with Gasteiger partial charge in [0, 0.05) is 38.1 Å². The lowest BCUT2D eigenvalue weighted by Crippen LogP contribution is -2.37. The molecule has 0 fully saturated rings. The molecule has 0 aliphatic rings. The van der Waals surface area contributed by atoms with Gasteiger partial charge in [0.25, 0.3) is 0 Å². The number of amides is 1. The molecule has 164 valence electrons. The SMILES string of the molecule is CN(C)CCN(C)c1ccc(C(CNc2ccccc2)NC(=O)OC(C)(C)C)cc1. The summed E-state index contributed by atoms with van der Waals surface area (Å²) < 4.78 is 5.47. The number of hydrogen-bond donors (Lipinski definition) is 2. The number of carbonyl (C=O) groups is 1. The third-order valence-electron chi connectivity index (χ3n) is 4.59. The zero-order valence-corrected chi connectivity index (χ0v) is 19.1. The average Bonchev–Trinajstić information content (AvgIpc) is 2.69. The number of ether oxygens (including phenoxy) is 1. The highest BCUT2D eigenvalue weighted by Gasteiger charge is 2.20. The summed E-state index contributed by atoms with van der Waals surface area (Å²) in [5.74, 6) is 0. The molecule has 0 radical (unpaired) electrons. The number of alkyl carbamates (subject to hydrolysis) is 1. The van der Waals surface area contributed by atoms with Crippen molar-refractivity contribution in [1.29, 1.82) is 0 Å². The summed E-state index contributed by atoms with van der Waals surface area (Å²) in [6, 6.07) is 18.1. The van der Waals surface area contributed by atoms with Crippen molar-refractivity contribution >= 4 is 17.5 Å². The summed E-state index contributed by atoms with van der Waals surface area (Å²) in [4.78, 5) is 16.8. The van der Waals surface area contributed by atoms with Gasteiger partial charge >= 0.3 is 6.09 Å². The van der Waals surface area contributed by atoms with Gasteiger partial charge in [-0.2, -0.15) is 0 Å². The van der Waals surface area contributed by atoms with E-state index in [1.807, 2.05) is 51.1 Å². The van der Waals surface area contributed by atoms with Gasteiger partial charge in [-0.1, -0.05) is 30.3 Å². The lowest BCUT2D eigenvalue weighted by molar-refractivity contribution is 0.0506. The molecule has 2 aromatic rings. The molecule has 2 N–H and O–H groups in total. The van der Waals surface area contributed by atoms with Crippen LogP contribution in [0.1, 0.15) is 32.4 Å². The van der Waals surface area contributed by atoms with Crippen molar-refractivity contribution in [1.82, 2.24) is 10.2 Å². The van der Waals surface area contributed by atoms with Crippen LogP contribution in [0.25, 0.3) is 0 Å². The largest absolute Gasteiger partial charge is 0.444 e. The Balaban J connectivity index is 2.10. The minimum absolute atomic E-state index is 0.221. The number of benzene rings is 2. The molecule has 2 rings (SSSR count). The average molecular weight is 413 g/mol. The Bertz CT molecular complexity index is 770. The van der Waals surface area contributed by atoms with Gasteiger partial charge in [0.05, 0.1) is 6.04 Å². The first-order valence-electron chi connectivity index (χ1n) is 10.4. The molecule has 1 atom stereocenters. The highest BCUT2D eigenvalue weighted by molar-refractivity contribution is 5.68. The Hall–Kier alpha value is -2.73. The molecule has 1 unspecified atom stereocenters. The second kappa shape index (κ2) is 10.9. The summed E-state index contributed by atoms with van der Waals surface area (Å²) in [6.07, 6.45) is -0.422. The third kappa shape index (κ3) is 8.33. The van der Waals surface area contributed by atoms with Crippen molar-refractivity contribution in [2.75, 3.05) is 51.0 Å². The maximum absolute atomic E-state index is 12.4. The summed E-state index contributed by atoms with van der Waals surface area (Å²) in [5, 5.41) is 6.40. The Morgan fingerprint density at radius 2 is 1.60 bits per heavy atom. The van der Waals surface area contributed by atoms with Crippen LogP contribution in [0.2, 0.25) is 0 Å². The Morgan fingerprint density at radius 3 is 2.17 bits per heavy atom. The maximum Gasteiger partial charge on any atom is 0.408 e. The van der Waals surface area contributed by atoms with E-state index in [0.29, 0.717) is 6.54 Å². The van der Waals surface area contributed by atoms with Gasteiger partial charge in [0.1, 0.15) is 5.60 Å². The molecule has 6 nitrogen and oxygen atoms in total. The van der Waals surface area contributed by atoms with Crippen molar-refractivity contribution in [3.63, 3.8) is 0 Å². The van der Waals surface area contributed by atoms with Crippen molar-refractivity contribution in [2.45, 2.75) is 32.4 Å². The summed E-state index contributed by atoms with van der Waals surface area (Å²) in [7, 11) is 6.24. The van der Waals surface area contributed by atoms with Crippen LogP contribution in [0.5, 0.6) is 0 Å². The van der Waals surface area contributed by atoms with Gasteiger partial charge in [-0.15, -0.1) is 0 Å². The summed E-state index contributed by atoms with van der Waals surface area (Å²) >= 11 is 0. The minimum Gasteiger partial charge on any atom is -0.444 e. The second-order valence-corrected chi connectivity index (χ2v) is 8.76. The number of hydrogen-bond acceptors (Lipinski definition) is 5. The van der Waals surface area contributed by atoms with Crippen molar-refractivity contribution in [2.24, 2.45) is 0 Å². The van der Waals surface area contributed by atoms with Gasteiger partial charge < -0.3 is 25.2 Å². The third-order valence-corrected chi connectivity index (χ3v) is 4.59. The zero-order valence-electron chi connectivity index (χ0n) is 19.1. The number of nitrogens with zero attached hydrogens (tertiary/aromatic N) is 2. The van der Waals surface area contributed by atoms with E-state index in [4.69, 9.17) is 4.74 Å². The first kappa shape index (κ1) is 23.5. The van der Waals surface area contributed by atoms with Gasteiger partial charge in [-0.25, -0.2) is 4.79 Å². The van der Waals surface area contributed by atoms with Gasteiger partial charge in [0.2, 0.25) is 0 Å². The Morgan fingerprint density at radius 1 is 0.967 bits per heavy atom. The molecule has 1 amide bonds. The molecule has 0 bridgehead atoms. The topological polar surface area (TPSA) is 56.8 Å². The van der Waals surface area contributed by atoms with E-state index in [1.165, 1.54) is 0 Å². The number of rotatable bonds is 9. The van der Waals surface area contributed by atoms with E-state index in [2.05, 4.69) is 65.8 Å². The first-order valence-corrected chi connectivity index (χ1v) is 10.4. The predicted octanol–water partition coefficient (Wildman–Crippen LogP) is 4.36. The van der Waals surface area contributed by atoms with E-state index in [9.17, 15) is 4.79 Å². The van der Waals surface area contributed by atoms with Crippen LogP contribution in [-0.2, 0) is 4.74 Å². The smallest absolute Gasteiger partial charge is 0.408 e. The molecule has 0 aliphatic carbocycles. The normalized spacial score (nSPS) is 12.4. The predicted molar refractivity (Wildman–Crippen MR) is 125 cm³/mol. The number of anilines is 2. The summed E-state index contributed by atoms with van der Waals surface area (Å²) in [5.41, 5.74) is 2.63. The van der Waals surface area contributed by atoms with E-state index < -0.39 is 11.7 Å². The molecule has 2 aromatic carbocycles. The molecule has 0 spiro atoms. The molecule has 0 heterocycles.